The summed E-state index contributed by atoms with van der Waals surface area (Å²) in [4.78, 5) is 17.1. The summed E-state index contributed by atoms with van der Waals surface area (Å²) in [6, 6.07) is 9.22. The van der Waals surface area contributed by atoms with Crippen LogP contribution in [-0.2, 0) is 17.8 Å². The molecule has 0 spiro atoms. The van der Waals surface area contributed by atoms with Gasteiger partial charge in [0, 0.05) is 23.2 Å². The number of carbonyl (C=O) groups excluding carboxylic acids is 1. The van der Waals surface area contributed by atoms with Crippen molar-refractivity contribution in [1.29, 1.82) is 0 Å². The molecular weight excluding hydrogens is 388 g/mol. The van der Waals surface area contributed by atoms with Gasteiger partial charge in [-0.1, -0.05) is 47.8 Å². The Morgan fingerprint density at radius 1 is 1.35 bits per heavy atom. The molecule has 3 rings (SSSR count). The molecule has 7 heteroatoms. The van der Waals surface area contributed by atoms with Crippen molar-refractivity contribution in [2.75, 3.05) is 6.61 Å². The first kappa shape index (κ1) is 18.6. The number of thiophene rings is 1. The monoisotopic (exact) mass is 402 g/mol. The Morgan fingerprint density at radius 3 is 2.85 bits per heavy atom. The van der Waals surface area contributed by atoms with Gasteiger partial charge in [-0.3, -0.25) is 4.79 Å². The van der Waals surface area contributed by atoms with Crippen molar-refractivity contribution in [3.63, 3.8) is 0 Å². The lowest BCUT2D eigenvalue weighted by molar-refractivity contribution is -0.120. The summed E-state index contributed by atoms with van der Waals surface area (Å²) in [5.41, 5.74) is 1.74. The van der Waals surface area contributed by atoms with Crippen LogP contribution >= 0.6 is 35.2 Å². The molecule has 4 nitrogen and oxygen atoms in total. The highest BCUT2D eigenvalue weighted by Gasteiger charge is 2.09. The van der Waals surface area contributed by atoms with E-state index in [0.717, 1.165) is 26.2 Å². The van der Waals surface area contributed by atoms with E-state index in [1.165, 1.54) is 11.3 Å². The number of nitrogens with one attached hydrogen (secondary N) is 2. The van der Waals surface area contributed by atoms with Gasteiger partial charge in [-0.05, 0) is 29.3 Å². The van der Waals surface area contributed by atoms with E-state index < -0.39 is 0 Å². The number of aliphatic hydroxyl groups excluding tert-OH is 1. The van der Waals surface area contributed by atoms with Crippen LogP contribution in [0, 0.1) is 16.4 Å². The van der Waals surface area contributed by atoms with Crippen molar-refractivity contribution in [2.24, 2.45) is 0 Å². The van der Waals surface area contributed by atoms with Crippen molar-refractivity contribution >= 4 is 51.3 Å². The normalized spacial score (nSPS) is 10.4. The first-order valence-corrected chi connectivity index (χ1v) is 9.42. The summed E-state index contributed by atoms with van der Waals surface area (Å²) in [5, 5.41) is 13.2. The third-order valence-corrected chi connectivity index (χ3v) is 5.41. The van der Waals surface area contributed by atoms with Crippen LogP contribution < -0.4 is 5.32 Å². The summed E-state index contributed by atoms with van der Waals surface area (Å²) < 4.78 is 0.647. The number of amides is 1. The second kappa shape index (κ2) is 8.47. The Hall–Kier alpha value is -2.17. The van der Waals surface area contributed by atoms with Gasteiger partial charge in [0.25, 0.3) is 0 Å². The van der Waals surface area contributed by atoms with E-state index in [-0.39, 0.29) is 18.9 Å². The number of carbonyl (C=O) groups is 1. The maximum Gasteiger partial charge on any atom is 0.224 e. The lowest BCUT2D eigenvalue weighted by Gasteiger charge is -2.06. The van der Waals surface area contributed by atoms with Crippen molar-refractivity contribution in [1.82, 2.24) is 10.3 Å². The van der Waals surface area contributed by atoms with Crippen LogP contribution in [-0.4, -0.2) is 22.6 Å². The van der Waals surface area contributed by atoms with E-state index in [0.29, 0.717) is 16.1 Å². The van der Waals surface area contributed by atoms with Gasteiger partial charge in [0.15, 0.2) is 0 Å². The lowest BCUT2D eigenvalue weighted by Crippen LogP contribution is -2.24. The predicted molar refractivity (Wildman–Crippen MR) is 108 cm³/mol. The number of aromatic amines is 1. The Kier molecular flexibility index (Phi) is 6.07. The highest BCUT2D eigenvalue weighted by atomic mass is 35.5. The molecular formula is C19H15ClN2O2S2. The molecule has 0 atom stereocenters. The molecule has 3 N–H and O–H groups in total. The number of aromatic nitrogens is 1. The number of hydrogen-bond donors (Lipinski definition) is 3. The second-order valence-corrected chi connectivity index (χ2v) is 7.43. The van der Waals surface area contributed by atoms with E-state index in [2.05, 4.69) is 22.1 Å². The summed E-state index contributed by atoms with van der Waals surface area (Å²) in [6.07, 6.45) is 1.97. The summed E-state index contributed by atoms with van der Waals surface area (Å²) in [5.74, 6) is 5.40. The largest absolute Gasteiger partial charge is 0.384 e. The van der Waals surface area contributed by atoms with Crippen molar-refractivity contribution < 1.29 is 9.90 Å². The molecule has 2 aromatic heterocycles. The molecule has 0 bridgehead atoms. The summed E-state index contributed by atoms with van der Waals surface area (Å²) in [7, 11) is 0. The molecule has 0 aliphatic rings. The molecule has 2 heterocycles. The van der Waals surface area contributed by atoms with Crippen molar-refractivity contribution in [2.45, 2.75) is 13.0 Å². The van der Waals surface area contributed by atoms with Crippen molar-refractivity contribution in [3.05, 3.63) is 62.1 Å². The number of hydrogen-bond acceptors (Lipinski definition) is 4. The van der Waals surface area contributed by atoms with Gasteiger partial charge < -0.3 is 15.4 Å². The topological polar surface area (TPSA) is 65.1 Å². The molecule has 0 aliphatic heterocycles. The molecule has 132 valence electrons. The molecule has 3 aromatic rings. The summed E-state index contributed by atoms with van der Waals surface area (Å²) in [6.45, 7) is 0.256. The number of rotatable bonds is 4. The molecule has 0 fully saturated rings. The lowest BCUT2D eigenvalue weighted by atomic mass is 10.1. The fraction of sp³-hybridized carbons (Fsp3) is 0.158. The highest BCUT2D eigenvalue weighted by Crippen LogP contribution is 2.25. The number of benzene rings is 1. The minimum Gasteiger partial charge on any atom is -0.384 e. The smallest absolute Gasteiger partial charge is 0.224 e. The SMILES string of the molecule is O=C(Cc1c[nH]c2sc(C#CCO)cc2c1=S)NCc1ccc(Cl)cc1. The predicted octanol–water partition coefficient (Wildman–Crippen LogP) is 3.81. The van der Waals surface area contributed by atoms with Gasteiger partial charge in [0.1, 0.15) is 11.4 Å². The van der Waals surface area contributed by atoms with E-state index in [1.807, 2.05) is 18.2 Å². The molecule has 0 unspecified atom stereocenters. The molecule has 0 saturated carbocycles. The molecule has 1 amide bonds. The van der Waals surface area contributed by atoms with Gasteiger partial charge in [-0.2, -0.15) is 0 Å². The maximum atomic E-state index is 12.2. The first-order chi connectivity index (χ1) is 12.6. The van der Waals surface area contributed by atoms with E-state index >= 15 is 0 Å². The Balaban J connectivity index is 1.71. The molecule has 0 radical (unpaired) electrons. The molecule has 1 aromatic carbocycles. The number of pyridine rings is 1. The average molecular weight is 403 g/mol. The third kappa shape index (κ3) is 4.51. The quantitative estimate of drug-likeness (QED) is 0.459. The zero-order valence-electron chi connectivity index (χ0n) is 13.6. The van der Waals surface area contributed by atoms with Gasteiger partial charge in [-0.25, -0.2) is 0 Å². The van der Waals surface area contributed by atoms with E-state index in [9.17, 15) is 4.79 Å². The number of fused-ring (bicyclic) bond motifs is 1. The van der Waals surface area contributed by atoms with E-state index in [1.54, 1.807) is 18.3 Å². The van der Waals surface area contributed by atoms with Crippen LogP contribution in [0.3, 0.4) is 0 Å². The Morgan fingerprint density at radius 2 is 2.12 bits per heavy atom. The Labute approximate surface area is 164 Å². The van der Waals surface area contributed by atoms with Gasteiger partial charge in [-0.15, -0.1) is 11.3 Å². The molecule has 0 aliphatic carbocycles. The zero-order chi connectivity index (χ0) is 18.5. The number of H-pyrrole nitrogens is 1. The standard InChI is InChI=1S/C19H15ClN2O2S2/c20-14-5-3-12(4-6-14)10-21-17(24)8-13-11-22-19-16(18(13)25)9-15(26-19)2-1-7-23/h3-6,9,11,23H,7-8,10H2,(H,21,24)(H,22,25). The Bertz CT molecular complexity index is 1060. The van der Waals surface area contributed by atoms with Crippen LogP contribution in [0.25, 0.3) is 10.2 Å². The third-order valence-electron chi connectivity index (χ3n) is 3.69. The molecule has 26 heavy (non-hydrogen) atoms. The van der Waals surface area contributed by atoms with Crippen LogP contribution in [0.15, 0.2) is 36.5 Å². The maximum absolute atomic E-state index is 12.2. The van der Waals surface area contributed by atoms with Crippen LogP contribution in [0.2, 0.25) is 5.02 Å². The minimum absolute atomic E-state index is 0.102. The van der Waals surface area contributed by atoms with E-state index in [4.69, 9.17) is 28.9 Å². The fourth-order valence-electron chi connectivity index (χ4n) is 2.42. The van der Waals surface area contributed by atoms with Gasteiger partial charge in [0.05, 0.1) is 15.8 Å². The second-order valence-electron chi connectivity index (χ2n) is 5.54. The first-order valence-electron chi connectivity index (χ1n) is 7.82. The average Bonchev–Trinajstić information content (AvgIpc) is 3.06. The van der Waals surface area contributed by atoms with Crippen LogP contribution in [0.5, 0.6) is 0 Å². The zero-order valence-corrected chi connectivity index (χ0v) is 16.0. The fourth-order valence-corrected chi connectivity index (χ4v) is 3.81. The van der Waals surface area contributed by atoms with Crippen LogP contribution in [0.4, 0.5) is 0 Å². The van der Waals surface area contributed by atoms with Gasteiger partial charge in [0.2, 0.25) is 5.91 Å². The van der Waals surface area contributed by atoms with Crippen LogP contribution in [0.1, 0.15) is 16.0 Å². The minimum atomic E-state index is -0.183. The number of halogens is 1. The number of aliphatic hydroxyl groups is 1. The molecule has 0 saturated heterocycles. The van der Waals surface area contributed by atoms with Crippen molar-refractivity contribution in [3.8, 4) is 11.8 Å². The summed E-state index contributed by atoms with van der Waals surface area (Å²) >= 11 is 12.8. The highest BCUT2D eigenvalue weighted by molar-refractivity contribution is 7.71. The van der Waals surface area contributed by atoms with Gasteiger partial charge >= 0.3 is 0 Å².